The molecule has 0 amide bonds. The fourth-order valence-electron chi connectivity index (χ4n) is 2.39. The number of nitrogens with one attached hydrogen (secondary N) is 1. The molecule has 0 bridgehead atoms. The van der Waals surface area contributed by atoms with E-state index in [0.29, 0.717) is 6.04 Å². The molecule has 0 radical (unpaired) electrons. The molecule has 1 heterocycles. The number of hydrogen-bond acceptors (Lipinski definition) is 3. The van der Waals surface area contributed by atoms with Gasteiger partial charge in [0.25, 0.3) is 0 Å². The minimum Gasteiger partial charge on any atom is -0.377 e. The number of ether oxygens (including phenoxy) is 1. The van der Waals surface area contributed by atoms with Crippen molar-refractivity contribution < 1.29 is 4.74 Å². The first kappa shape index (κ1) is 13.3. The Bertz CT molecular complexity index is 366. The lowest BCUT2D eigenvalue weighted by atomic mass is 9.94. The zero-order chi connectivity index (χ0) is 12.3. The van der Waals surface area contributed by atoms with Gasteiger partial charge in [0.2, 0.25) is 0 Å². The molecule has 17 heavy (non-hydrogen) atoms. The molecule has 0 aliphatic heterocycles. The van der Waals surface area contributed by atoms with E-state index in [1.54, 1.807) is 11.3 Å². The quantitative estimate of drug-likeness (QED) is 0.881. The molecule has 2 unspecified atom stereocenters. The van der Waals surface area contributed by atoms with Crippen molar-refractivity contribution in [3.63, 3.8) is 0 Å². The van der Waals surface area contributed by atoms with Gasteiger partial charge in [0.05, 0.1) is 10.4 Å². The SMILES string of the molecule is CCOC(C)CNC1CCCc2sc(Cl)cc21. The van der Waals surface area contributed by atoms with Gasteiger partial charge in [-0.05, 0) is 44.7 Å². The molecule has 1 aliphatic rings. The second-order valence-corrected chi connectivity index (χ2v) is 6.32. The van der Waals surface area contributed by atoms with Crippen LogP contribution in [0.2, 0.25) is 4.34 Å². The number of rotatable bonds is 5. The van der Waals surface area contributed by atoms with Crippen LogP contribution in [-0.4, -0.2) is 19.3 Å². The van der Waals surface area contributed by atoms with Gasteiger partial charge in [-0.2, -0.15) is 0 Å². The fraction of sp³-hybridized carbons (Fsp3) is 0.692. The molecule has 1 aromatic heterocycles. The molecule has 2 nitrogen and oxygen atoms in total. The first-order valence-corrected chi connectivity index (χ1v) is 7.53. The van der Waals surface area contributed by atoms with Crippen LogP contribution in [0.15, 0.2) is 6.07 Å². The summed E-state index contributed by atoms with van der Waals surface area (Å²) in [6.07, 6.45) is 3.93. The molecule has 0 spiro atoms. The summed E-state index contributed by atoms with van der Waals surface area (Å²) < 4.78 is 6.46. The molecule has 0 aromatic carbocycles. The highest BCUT2D eigenvalue weighted by molar-refractivity contribution is 7.16. The van der Waals surface area contributed by atoms with Crippen molar-refractivity contribution in [3.8, 4) is 0 Å². The van der Waals surface area contributed by atoms with Crippen molar-refractivity contribution in [2.75, 3.05) is 13.2 Å². The molecule has 1 aliphatic carbocycles. The van der Waals surface area contributed by atoms with Crippen LogP contribution in [0.25, 0.3) is 0 Å². The van der Waals surface area contributed by atoms with Gasteiger partial charge in [-0.3, -0.25) is 0 Å². The average molecular weight is 274 g/mol. The molecule has 0 fully saturated rings. The van der Waals surface area contributed by atoms with Crippen molar-refractivity contribution in [2.45, 2.75) is 45.3 Å². The third-order valence-electron chi connectivity index (χ3n) is 3.19. The van der Waals surface area contributed by atoms with Crippen LogP contribution in [0.4, 0.5) is 0 Å². The van der Waals surface area contributed by atoms with Gasteiger partial charge in [0.15, 0.2) is 0 Å². The largest absolute Gasteiger partial charge is 0.377 e. The maximum absolute atomic E-state index is 6.09. The summed E-state index contributed by atoms with van der Waals surface area (Å²) in [4.78, 5) is 1.46. The van der Waals surface area contributed by atoms with Crippen LogP contribution >= 0.6 is 22.9 Å². The Morgan fingerprint density at radius 1 is 1.65 bits per heavy atom. The molecule has 96 valence electrons. The first-order valence-electron chi connectivity index (χ1n) is 6.33. The molecule has 1 aromatic rings. The van der Waals surface area contributed by atoms with Gasteiger partial charge >= 0.3 is 0 Å². The van der Waals surface area contributed by atoms with Gasteiger partial charge in [-0.15, -0.1) is 11.3 Å². The Kier molecular flexibility index (Phi) is 4.86. The maximum atomic E-state index is 6.09. The highest BCUT2D eigenvalue weighted by atomic mass is 35.5. The van der Waals surface area contributed by atoms with Gasteiger partial charge < -0.3 is 10.1 Å². The third-order valence-corrected chi connectivity index (χ3v) is 4.53. The van der Waals surface area contributed by atoms with Crippen molar-refractivity contribution in [3.05, 3.63) is 20.8 Å². The second kappa shape index (κ2) is 6.19. The summed E-state index contributed by atoms with van der Waals surface area (Å²) >= 11 is 7.83. The number of thiophene rings is 1. The molecular weight excluding hydrogens is 254 g/mol. The zero-order valence-corrected chi connectivity index (χ0v) is 12.0. The minimum atomic E-state index is 0.277. The molecule has 2 rings (SSSR count). The summed E-state index contributed by atoms with van der Waals surface area (Å²) in [6.45, 7) is 5.84. The molecular formula is C13H20ClNOS. The van der Waals surface area contributed by atoms with E-state index in [-0.39, 0.29) is 6.10 Å². The van der Waals surface area contributed by atoms with Gasteiger partial charge in [-0.1, -0.05) is 11.6 Å². The highest BCUT2D eigenvalue weighted by Crippen LogP contribution is 2.37. The van der Waals surface area contributed by atoms with E-state index in [4.69, 9.17) is 16.3 Å². The second-order valence-electron chi connectivity index (χ2n) is 4.55. The predicted octanol–water partition coefficient (Wildman–Crippen LogP) is 3.79. The van der Waals surface area contributed by atoms with Crippen LogP contribution in [0.5, 0.6) is 0 Å². The van der Waals surface area contributed by atoms with Gasteiger partial charge in [0, 0.05) is 24.1 Å². The monoisotopic (exact) mass is 273 g/mol. The smallest absolute Gasteiger partial charge is 0.0934 e. The lowest BCUT2D eigenvalue weighted by Gasteiger charge is -2.25. The molecule has 2 atom stereocenters. The van der Waals surface area contributed by atoms with Crippen LogP contribution in [0.3, 0.4) is 0 Å². The lowest BCUT2D eigenvalue weighted by molar-refractivity contribution is 0.0734. The van der Waals surface area contributed by atoms with Crippen LogP contribution in [-0.2, 0) is 11.2 Å². The van der Waals surface area contributed by atoms with E-state index in [1.165, 1.54) is 29.7 Å². The minimum absolute atomic E-state index is 0.277. The van der Waals surface area contributed by atoms with Crippen LogP contribution < -0.4 is 5.32 Å². The number of halogens is 1. The van der Waals surface area contributed by atoms with E-state index in [2.05, 4.69) is 18.3 Å². The summed E-state index contributed by atoms with van der Waals surface area (Å²) in [5, 5.41) is 3.60. The van der Waals surface area contributed by atoms with E-state index in [9.17, 15) is 0 Å². The number of fused-ring (bicyclic) bond motifs is 1. The molecule has 0 saturated heterocycles. The normalized spacial score (nSPS) is 21.2. The Morgan fingerprint density at radius 3 is 3.24 bits per heavy atom. The third kappa shape index (κ3) is 3.44. The fourth-order valence-corrected chi connectivity index (χ4v) is 3.77. The average Bonchev–Trinajstić information content (AvgIpc) is 2.67. The van der Waals surface area contributed by atoms with Gasteiger partial charge in [0.1, 0.15) is 0 Å². The Labute approximate surface area is 112 Å². The van der Waals surface area contributed by atoms with Gasteiger partial charge in [-0.25, -0.2) is 0 Å². The maximum Gasteiger partial charge on any atom is 0.0934 e. The van der Waals surface area contributed by atoms with E-state index in [0.717, 1.165) is 17.5 Å². The zero-order valence-electron chi connectivity index (χ0n) is 10.5. The Morgan fingerprint density at radius 2 is 2.47 bits per heavy atom. The standard InChI is InChI=1S/C13H20ClNOS/c1-3-16-9(2)8-15-11-5-4-6-12-10(11)7-13(14)17-12/h7,9,11,15H,3-6,8H2,1-2H3. The van der Waals surface area contributed by atoms with Crippen LogP contribution in [0.1, 0.15) is 43.2 Å². The topological polar surface area (TPSA) is 21.3 Å². The Balaban J connectivity index is 1.94. The lowest BCUT2D eigenvalue weighted by Crippen LogP contribution is -2.31. The van der Waals surface area contributed by atoms with Crippen molar-refractivity contribution in [1.29, 1.82) is 0 Å². The Hall–Kier alpha value is -0.0900. The van der Waals surface area contributed by atoms with E-state index < -0.39 is 0 Å². The summed E-state index contributed by atoms with van der Waals surface area (Å²) in [5.41, 5.74) is 1.41. The summed E-state index contributed by atoms with van der Waals surface area (Å²) in [5.74, 6) is 0. The number of hydrogen-bond donors (Lipinski definition) is 1. The first-order chi connectivity index (χ1) is 8.20. The van der Waals surface area contributed by atoms with E-state index in [1.807, 2.05) is 6.92 Å². The van der Waals surface area contributed by atoms with Crippen LogP contribution in [0, 0.1) is 0 Å². The molecule has 1 N–H and O–H groups in total. The summed E-state index contributed by atoms with van der Waals surface area (Å²) in [7, 11) is 0. The van der Waals surface area contributed by atoms with Crippen molar-refractivity contribution >= 4 is 22.9 Å². The molecule has 0 saturated carbocycles. The van der Waals surface area contributed by atoms with E-state index >= 15 is 0 Å². The summed E-state index contributed by atoms with van der Waals surface area (Å²) in [6, 6.07) is 2.59. The molecule has 4 heteroatoms. The number of aryl methyl sites for hydroxylation is 1. The highest BCUT2D eigenvalue weighted by Gasteiger charge is 2.22. The van der Waals surface area contributed by atoms with Crippen molar-refractivity contribution in [2.24, 2.45) is 0 Å². The predicted molar refractivity (Wildman–Crippen MR) is 74.1 cm³/mol. The van der Waals surface area contributed by atoms with Crippen molar-refractivity contribution in [1.82, 2.24) is 5.32 Å².